The summed E-state index contributed by atoms with van der Waals surface area (Å²) in [6.07, 6.45) is -10.4. The highest BCUT2D eigenvalue weighted by molar-refractivity contribution is 8.33. The first-order valence-corrected chi connectivity index (χ1v) is 13.6. The normalized spacial score (nSPS) is 13.9. The van der Waals surface area contributed by atoms with Crippen LogP contribution in [0.5, 0.6) is 5.75 Å². The highest BCUT2D eigenvalue weighted by atomic mass is 32.3. The molecule has 204 valence electrons. The first-order chi connectivity index (χ1) is 17.6. The van der Waals surface area contributed by atoms with Crippen molar-refractivity contribution in [2.24, 2.45) is 0 Å². The van der Waals surface area contributed by atoms with Crippen LogP contribution in [0.25, 0.3) is 0 Å². The van der Waals surface area contributed by atoms with Crippen LogP contribution >= 0.6 is 10.3 Å². The van der Waals surface area contributed by atoms with E-state index in [2.05, 4.69) is 11.3 Å². The fourth-order valence-electron chi connectivity index (χ4n) is 3.23. The van der Waals surface area contributed by atoms with Crippen LogP contribution < -0.4 is 0 Å². The number of hydrogen-bond donors (Lipinski definition) is 1. The van der Waals surface area contributed by atoms with Gasteiger partial charge in [0, 0.05) is 20.3 Å². The van der Waals surface area contributed by atoms with Gasteiger partial charge in [-0.25, -0.2) is 8.42 Å². The molecule has 0 aromatic heterocycles. The molecule has 0 fully saturated rings. The van der Waals surface area contributed by atoms with E-state index in [1.54, 1.807) is 12.1 Å². The quantitative estimate of drug-likeness (QED) is 0.176. The third-order valence-electron chi connectivity index (χ3n) is 5.02. The molecule has 0 heterocycles. The van der Waals surface area contributed by atoms with Gasteiger partial charge in [-0.1, -0.05) is 43.0 Å². The van der Waals surface area contributed by atoms with Gasteiger partial charge < -0.3 is 9.84 Å². The second kappa shape index (κ2) is 10.8. The Labute approximate surface area is 217 Å². The third-order valence-corrected chi connectivity index (χ3v) is 10.2. The number of esters is 1. The summed E-state index contributed by atoms with van der Waals surface area (Å²) in [6, 6.07) is 19.1. The maximum Gasteiger partial charge on any atom is 0.432 e. The lowest BCUT2D eigenvalue weighted by molar-refractivity contribution is -0.257. The van der Waals surface area contributed by atoms with E-state index >= 15 is 8.78 Å². The summed E-state index contributed by atoms with van der Waals surface area (Å²) >= 11 is 0. The number of carbonyl (C=O) groups excluding carboxylic acids is 1. The molecule has 13 heteroatoms. The molecule has 38 heavy (non-hydrogen) atoms. The van der Waals surface area contributed by atoms with Crippen molar-refractivity contribution in [3.05, 3.63) is 97.1 Å². The minimum absolute atomic E-state index is 0.0328. The Kier molecular flexibility index (Phi) is 8.24. The highest BCUT2D eigenvalue weighted by Gasteiger charge is 2.68. The van der Waals surface area contributed by atoms with E-state index in [-0.39, 0.29) is 20.4 Å². The van der Waals surface area contributed by atoms with Crippen LogP contribution in [-0.2, 0) is 23.3 Å². The summed E-state index contributed by atoms with van der Waals surface area (Å²) in [5, 5.41) is 3.98. The number of hydrogen-bond acceptors (Lipinski definition) is 6. The molecule has 1 unspecified atom stereocenters. The number of carbonyl (C=O) groups is 1. The Bertz CT molecular complexity index is 1350. The van der Waals surface area contributed by atoms with Crippen molar-refractivity contribution in [2.75, 3.05) is 0 Å². The molecule has 1 N–H and O–H groups in total. The van der Waals surface area contributed by atoms with Crippen molar-refractivity contribution in [3.8, 4) is 5.75 Å². The molecule has 0 radical (unpaired) electrons. The van der Waals surface area contributed by atoms with Crippen molar-refractivity contribution >= 4 is 26.4 Å². The summed E-state index contributed by atoms with van der Waals surface area (Å²) in [5.74, 6) is -2.12. The molecule has 0 saturated heterocycles. The van der Waals surface area contributed by atoms with E-state index in [0.29, 0.717) is 0 Å². The van der Waals surface area contributed by atoms with Gasteiger partial charge in [0.05, 0.1) is 0 Å². The third kappa shape index (κ3) is 5.69. The van der Waals surface area contributed by atoms with Gasteiger partial charge in [-0.2, -0.15) is 30.4 Å². The van der Waals surface area contributed by atoms with Gasteiger partial charge in [-0.05, 0) is 65.8 Å². The number of alkyl halides is 5. The van der Waals surface area contributed by atoms with E-state index in [1.165, 1.54) is 60.7 Å². The maximum absolute atomic E-state index is 15.4. The van der Waals surface area contributed by atoms with Gasteiger partial charge >= 0.3 is 27.5 Å². The van der Waals surface area contributed by atoms with Crippen LogP contribution in [0.2, 0.25) is 0 Å². The monoisotopic (exact) mass is 576 g/mol. The van der Waals surface area contributed by atoms with Gasteiger partial charge in [-0.15, -0.1) is 0 Å². The summed E-state index contributed by atoms with van der Waals surface area (Å²) in [5.41, 5.74) is -0.661. The Balaban J connectivity index is 2.30. The molecule has 1 atom stereocenters. The van der Waals surface area contributed by atoms with Crippen LogP contribution in [0, 0.1) is 0 Å². The smallest absolute Gasteiger partial charge is 0.432 e. The molecule has 0 aliphatic carbocycles. The number of aromatic hydroxyl groups is 1. The number of phenolic OH excluding ortho intramolecular Hbond substituents is 1. The number of phenols is 1. The topological polar surface area (TPSA) is 89.9 Å². The lowest BCUT2D eigenvalue weighted by Gasteiger charge is -2.40. The fourth-order valence-corrected chi connectivity index (χ4v) is 8.47. The van der Waals surface area contributed by atoms with Gasteiger partial charge in [-0.3, -0.25) is 0 Å². The number of benzene rings is 3. The summed E-state index contributed by atoms with van der Waals surface area (Å²) < 4.78 is 107. The first kappa shape index (κ1) is 29.1. The maximum atomic E-state index is 15.4. The predicted molar refractivity (Wildman–Crippen MR) is 129 cm³/mol. The van der Waals surface area contributed by atoms with Gasteiger partial charge in [0.15, 0.2) is 0 Å². The predicted octanol–water partition coefficient (Wildman–Crippen LogP) is 6.58. The van der Waals surface area contributed by atoms with Crippen LogP contribution in [0.4, 0.5) is 22.0 Å². The zero-order valence-corrected chi connectivity index (χ0v) is 21.2. The van der Waals surface area contributed by atoms with Crippen LogP contribution in [0.15, 0.2) is 112 Å². The van der Waals surface area contributed by atoms with E-state index in [0.717, 1.165) is 19.1 Å². The first-order valence-electron chi connectivity index (χ1n) is 10.6. The Morgan fingerprint density at radius 2 is 1.24 bits per heavy atom. The second-order valence-corrected chi connectivity index (χ2v) is 12.4. The Morgan fingerprint density at radius 3 is 1.63 bits per heavy atom. The number of rotatable bonds is 9. The SMILES string of the molecule is C=C(C)C(=O)OC(C(F)(F)F)C(F)(F)S(=O)(=O)OS(c1ccccc1)(c1ccccc1)c1ccc(O)cc1. The minimum Gasteiger partial charge on any atom is -0.508 e. The summed E-state index contributed by atoms with van der Waals surface area (Å²) in [4.78, 5) is 11.8. The average Bonchev–Trinajstić information content (AvgIpc) is 2.86. The van der Waals surface area contributed by atoms with Gasteiger partial charge in [0.25, 0.3) is 6.10 Å². The van der Waals surface area contributed by atoms with E-state index in [4.69, 9.17) is 3.63 Å². The van der Waals surface area contributed by atoms with Crippen molar-refractivity contribution in [1.82, 2.24) is 0 Å². The van der Waals surface area contributed by atoms with Crippen molar-refractivity contribution < 1.29 is 48.6 Å². The molecule has 0 saturated carbocycles. The molecule has 0 spiro atoms. The molecule has 6 nitrogen and oxygen atoms in total. The molecule has 0 aliphatic heterocycles. The van der Waals surface area contributed by atoms with Crippen molar-refractivity contribution in [2.45, 2.75) is 39.1 Å². The van der Waals surface area contributed by atoms with E-state index in [1.807, 2.05) is 0 Å². The molecular formula is C25H21F5O6S2. The Morgan fingerprint density at radius 1 is 0.816 bits per heavy atom. The average molecular weight is 577 g/mol. The molecule has 0 bridgehead atoms. The van der Waals surface area contributed by atoms with E-state index < -0.39 is 49.5 Å². The molecule has 3 aromatic carbocycles. The zero-order chi connectivity index (χ0) is 28.4. The zero-order valence-electron chi connectivity index (χ0n) is 19.6. The largest absolute Gasteiger partial charge is 0.508 e. The number of halogens is 5. The summed E-state index contributed by atoms with van der Waals surface area (Å²) in [6.45, 7) is 3.94. The van der Waals surface area contributed by atoms with Gasteiger partial charge in [0.1, 0.15) is 5.75 Å². The second-order valence-electron chi connectivity index (χ2n) is 7.87. The van der Waals surface area contributed by atoms with Crippen molar-refractivity contribution in [3.63, 3.8) is 0 Å². The number of ether oxygens (including phenoxy) is 1. The highest BCUT2D eigenvalue weighted by Crippen LogP contribution is 2.70. The molecular weight excluding hydrogens is 555 g/mol. The van der Waals surface area contributed by atoms with Crippen molar-refractivity contribution in [1.29, 1.82) is 0 Å². The molecule has 0 amide bonds. The molecule has 3 aromatic rings. The standard InChI is InChI=1S/C25H21F5O6S2/c1-17(2)22(32)35-23(24(26,27)28)25(29,30)38(33,34)36-37(19-9-5-3-6-10-19,20-11-7-4-8-12-20)21-15-13-18(31)14-16-21/h3-16,23,31H,1H2,2H3. The molecule has 3 rings (SSSR count). The van der Waals surface area contributed by atoms with Crippen LogP contribution in [-0.4, -0.2) is 37.0 Å². The van der Waals surface area contributed by atoms with Gasteiger partial charge in [0.2, 0.25) is 0 Å². The minimum atomic E-state index is -6.51. The van der Waals surface area contributed by atoms with Crippen LogP contribution in [0.1, 0.15) is 6.92 Å². The molecule has 0 aliphatic rings. The van der Waals surface area contributed by atoms with E-state index in [9.17, 15) is 31.5 Å². The Hall–Kier alpha value is -3.42. The lowest BCUT2D eigenvalue weighted by Crippen LogP contribution is -2.53. The summed E-state index contributed by atoms with van der Waals surface area (Å²) in [7, 11) is -10.2. The lowest BCUT2D eigenvalue weighted by atomic mass is 10.3. The fraction of sp³-hybridized carbons (Fsp3) is 0.160. The van der Waals surface area contributed by atoms with Crippen LogP contribution in [0.3, 0.4) is 0 Å².